The summed E-state index contributed by atoms with van der Waals surface area (Å²) in [5, 5.41) is 14.3. The maximum atomic E-state index is 10.8. The molecule has 0 heterocycles. The summed E-state index contributed by atoms with van der Waals surface area (Å²) in [5.74, 6) is 1.75. The molecule has 1 aliphatic carbocycles. The number of nitrogens with one attached hydrogen (secondary N) is 1. The van der Waals surface area contributed by atoms with Gasteiger partial charge in [0.25, 0.3) is 5.69 Å². The summed E-state index contributed by atoms with van der Waals surface area (Å²) in [6.45, 7) is 5.41. The van der Waals surface area contributed by atoms with Crippen LogP contribution in [0, 0.1) is 22.0 Å². The minimum absolute atomic E-state index is 0.160. The molecule has 1 saturated carbocycles. The van der Waals surface area contributed by atoms with Crippen LogP contribution in [0.15, 0.2) is 24.3 Å². The average molecular weight is 290 g/mol. The molecule has 0 bridgehead atoms. The summed E-state index contributed by atoms with van der Waals surface area (Å²) in [6.07, 6.45) is 6.66. The molecule has 21 heavy (non-hydrogen) atoms. The van der Waals surface area contributed by atoms with Gasteiger partial charge in [0, 0.05) is 18.2 Å². The number of hydrogen-bond acceptors (Lipinski definition) is 3. The molecule has 0 saturated heterocycles. The zero-order valence-corrected chi connectivity index (χ0v) is 13.0. The minimum atomic E-state index is -0.334. The van der Waals surface area contributed by atoms with Crippen molar-refractivity contribution in [2.24, 2.45) is 11.8 Å². The largest absolute Gasteiger partial charge is 0.310 e. The SMILES string of the molecule is CC1CCC(CCNC(C)c2cccc([N+](=O)[O-])c2)CC1. The van der Waals surface area contributed by atoms with Crippen molar-refractivity contribution in [1.82, 2.24) is 5.32 Å². The fourth-order valence-electron chi connectivity index (χ4n) is 3.15. The second kappa shape index (κ2) is 7.55. The first kappa shape index (κ1) is 16.0. The molecule has 2 rings (SSSR count). The van der Waals surface area contributed by atoms with Gasteiger partial charge in [-0.05, 0) is 37.3 Å². The summed E-state index contributed by atoms with van der Waals surface area (Å²) in [7, 11) is 0. The van der Waals surface area contributed by atoms with E-state index in [1.807, 2.05) is 6.07 Å². The Morgan fingerprint density at radius 2 is 2.05 bits per heavy atom. The summed E-state index contributed by atoms with van der Waals surface area (Å²) >= 11 is 0. The third-order valence-electron chi connectivity index (χ3n) is 4.72. The lowest BCUT2D eigenvalue weighted by Gasteiger charge is -2.26. The van der Waals surface area contributed by atoms with Gasteiger partial charge < -0.3 is 5.32 Å². The van der Waals surface area contributed by atoms with Crippen LogP contribution >= 0.6 is 0 Å². The highest BCUT2D eigenvalue weighted by Gasteiger charge is 2.18. The van der Waals surface area contributed by atoms with Crippen LogP contribution in [-0.2, 0) is 0 Å². The molecule has 1 unspecified atom stereocenters. The molecule has 4 heteroatoms. The van der Waals surface area contributed by atoms with Gasteiger partial charge in [0.2, 0.25) is 0 Å². The van der Waals surface area contributed by atoms with Crippen molar-refractivity contribution >= 4 is 5.69 Å². The second-order valence-corrected chi connectivity index (χ2v) is 6.44. The summed E-state index contributed by atoms with van der Waals surface area (Å²) in [6, 6.07) is 7.08. The molecular formula is C17H26N2O2. The van der Waals surface area contributed by atoms with Gasteiger partial charge in [0.15, 0.2) is 0 Å². The summed E-state index contributed by atoms with van der Waals surface area (Å²) < 4.78 is 0. The normalized spacial score (nSPS) is 23.7. The molecule has 0 radical (unpaired) electrons. The van der Waals surface area contributed by atoms with Crippen LogP contribution in [0.25, 0.3) is 0 Å². The lowest BCUT2D eigenvalue weighted by Crippen LogP contribution is -2.23. The Labute approximate surface area is 127 Å². The zero-order valence-electron chi connectivity index (χ0n) is 13.0. The highest BCUT2D eigenvalue weighted by molar-refractivity contribution is 5.35. The van der Waals surface area contributed by atoms with Crippen molar-refractivity contribution < 1.29 is 4.92 Å². The monoisotopic (exact) mass is 290 g/mol. The van der Waals surface area contributed by atoms with E-state index in [4.69, 9.17) is 0 Å². The molecule has 1 N–H and O–H groups in total. The van der Waals surface area contributed by atoms with Gasteiger partial charge in [-0.2, -0.15) is 0 Å². The van der Waals surface area contributed by atoms with Crippen molar-refractivity contribution in [2.45, 2.75) is 52.0 Å². The molecule has 1 aromatic carbocycles. The average Bonchev–Trinajstić information content (AvgIpc) is 2.49. The first-order valence-corrected chi connectivity index (χ1v) is 8.04. The van der Waals surface area contributed by atoms with Gasteiger partial charge in [-0.15, -0.1) is 0 Å². The van der Waals surface area contributed by atoms with Crippen molar-refractivity contribution in [3.63, 3.8) is 0 Å². The van der Waals surface area contributed by atoms with Crippen molar-refractivity contribution in [3.05, 3.63) is 39.9 Å². The van der Waals surface area contributed by atoms with Crippen LogP contribution in [0.5, 0.6) is 0 Å². The number of nitrogens with zero attached hydrogens (tertiary/aromatic N) is 1. The molecule has 4 nitrogen and oxygen atoms in total. The van der Waals surface area contributed by atoms with E-state index in [0.29, 0.717) is 0 Å². The van der Waals surface area contributed by atoms with E-state index in [9.17, 15) is 10.1 Å². The molecule has 0 aromatic heterocycles. The lowest BCUT2D eigenvalue weighted by atomic mass is 9.81. The Bertz CT molecular complexity index is 468. The Kier molecular flexibility index (Phi) is 5.74. The molecular weight excluding hydrogens is 264 g/mol. The van der Waals surface area contributed by atoms with Crippen LogP contribution < -0.4 is 5.32 Å². The van der Waals surface area contributed by atoms with Gasteiger partial charge in [0.1, 0.15) is 0 Å². The lowest BCUT2D eigenvalue weighted by molar-refractivity contribution is -0.384. The standard InChI is InChI=1S/C17H26N2O2/c1-13-6-8-15(9-7-13)10-11-18-14(2)16-4-3-5-17(12-16)19(20)21/h3-5,12-15,18H,6-11H2,1-2H3. The van der Waals surface area contributed by atoms with E-state index in [-0.39, 0.29) is 16.7 Å². The number of nitro groups is 1. The van der Waals surface area contributed by atoms with Gasteiger partial charge in [-0.25, -0.2) is 0 Å². The Morgan fingerprint density at radius 1 is 1.33 bits per heavy atom. The molecule has 116 valence electrons. The van der Waals surface area contributed by atoms with E-state index in [2.05, 4.69) is 19.2 Å². The minimum Gasteiger partial charge on any atom is -0.310 e. The number of benzene rings is 1. The second-order valence-electron chi connectivity index (χ2n) is 6.44. The van der Waals surface area contributed by atoms with Gasteiger partial charge in [-0.1, -0.05) is 44.7 Å². The Hall–Kier alpha value is -1.42. The van der Waals surface area contributed by atoms with Gasteiger partial charge in [-0.3, -0.25) is 10.1 Å². The highest BCUT2D eigenvalue weighted by atomic mass is 16.6. The Morgan fingerprint density at radius 3 is 2.71 bits per heavy atom. The van der Waals surface area contributed by atoms with Crippen LogP contribution in [0.4, 0.5) is 5.69 Å². The third kappa shape index (κ3) is 4.81. The van der Waals surface area contributed by atoms with Crippen molar-refractivity contribution in [2.75, 3.05) is 6.54 Å². The van der Waals surface area contributed by atoms with E-state index >= 15 is 0 Å². The fourth-order valence-corrected chi connectivity index (χ4v) is 3.15. The van der Waals surface area contributed by atoms with E-state index in [1.54, 1.807) is 18.2 Å². The smallest absolute Gasteiger partial charge is 0.269 e. The van der Waals surface area contributed by atoms with Crippen LogP contribution in [0.1, 0.15) is 57.6 Å². The first-order chi connectivity index (χ1) is 10.1. The number of non-ortho nitro benzene ring substituents is 1. The van der Waals surface area contributed by atoms with Crippen molar-refractivity contribution in [3.8, 4) is 0 Å². The summed E-state index contributed by atoms with van der Waals surface area (Å²) in [5.41, 5.74) is 1.16. The Balaban J connectivity index is 1.78. The summed E-state index contributed by atoms with van der Waals surface area (Å²) in [4.78, 5) is 10.5. The molecule has 1 aliphatic rings. The predicted octanol–water partition coefficient (Wildman–Crippen LogP) is 4.46. The van der Waals surface area contributed by atoms with E-state index < -0.39 is 0 Å². The zero-order chi connectivity index (χ0) is 15.2. The molecule has 0 amide bonds. The first-order valence-electron chi connectivity index (χ1n) is 8.04. The molecule has 0 aliphatic heterocycles. The number of hydrogen-bond donors (Lipinski definition) is 1. The predicted molar refractivity (Wildman–Crippen MR) is 85.3 cm³/mol. The van der Waals surface area contributed by atoms with Crippen LogP contribution in [-0.4, -0.2) is 11.5 Å². The topological polar surface area (TPSA) is 55.2 Å². The van der Waals surface area contributed by atoms with Crippen molar-refractivity contribution in [1.29, 1.82) is 0 Å². The highest BCUT2D eigenvalue weighted by Crippen LogP contribution is 2.30. The van der Waals surface area contributed by atoms with Gasteiger partial charge >= 0.3 is 0 Å². The quantitative estimate of drug-likeness (QED) is 0.621. The molecule has 1 fully saturated rings. The maximum Gasteiger partial charge on any atom is 0.269 e. The molecule has 1 aromatic rings. The number of rotatable bonds is 6. The van der Waals surface area contributed by atoms with Crippen LogP contribution in [0.3, 0.4) is 0 Å². The van der Waals surface area contributed by atoms with E-state index in [0.717, 1.165) is 23.9 Å². The third-order valence-corrected chi connectivity index (χ3v) is 4.72. The molecule has 0 spiro atoms. The van der Waals surface area contributed by atoms with Gasteiger partial charge in [0.05, 0.1) is 4.92 Å². The van der Waals surface area contributed by atoms with Crippen LogP contribution in [0.2, 0.25) is 0 Å². The van der Waals surface area contributed by atoms with E-state index in [1.165, 1.54) is 32.1 Å². The molecule has 1 atom stereocenters. The fraction of sp³-hybridized carbons (Fsp3) is 0.647. The maximum absolute atomic E-state index is 10.8. The number of nitro benzene ring substituents is 1.